The fourth-order valence-electron chi connectivity index (χ4n) is 2.09. The van der Waals surface area contributed by atoms with Crippen molar-refractivity contribution in [3.05, 3.63) is 34.3 Å². The predicted octanol–water partition coefficient (Wildman–Crippen LogP) is 2.76. The van der Waals surface area contributed by atoms with Gasteiger partial charge in [0.05, 0.1) is 5.60 Å². The molecule has 1 aromatic carbocycles. The summed E-state index contributed by atoms with van der Waals surface area (Å²) in [7, 11) is 1.82. The van der Waals surface area contributed by atoms with Crippen molar-refractivity contribution >= 4 is 15.9 Å². The molecule has 0 amide bonds. The molecule has 16 heavy (non-hydrogen) atoms. The summed E-state index contributed by atoms with van der Waals surface area (Å²) in [6.07, 6.45) is 3.47. The molecule has 1 heterocycles. The molecule has 3 heteroatoms. The fraction of sp³-hybridized carbons (Fsp3) is 0.538. The van der Waals surface area contributed by atoms with Crippen LogP contribution in [0.1, 0.15) is 18.4 Å². The molecule has 0 radical (unpaired) electrons. The first-order valence-electron chi connectivity index (χ1n) is 5.74. The Labute approximate surface area is 106 Å². The van der Waals surface area contributed by atoms with Gasteiger partial charge in [0.1, 0.15) is 0 Å². The maximum atomic E-state index is 5.56. The quantitative estimate of drug-likeness (QED) is 0.897. The zero-order valence-corrected chi connectivity index (χ0v) is 11.2. The van der Waals surface area contributed by atoms with E-state index in [9.17, 15) is 0 Å². The molecule has 0 bridgehead atoms. The maximum Gasteiger partial charge on any atom is 0.0926 e. The molecule has 1 fully saturated rings. The summed E-state index contributed by atoms with van der Waals surface area (Å²) in [6, 6.07) is 8.57. The van der Waals surface area contributed by atoms with Crippen LogP contribution in [-0.4, -0.2) is 25.8 Å². The van der Waals surface area contributed by atoms with Crippen LogP contribution >= 0.6 is 15.9 Å². The van der Waals surface area contributed by atoms with Crippen molar-refractivity contribution in [2.24, 2.45) is 0 Å². The van der Waals surface area contributed by atoms with E-state index in [1.54, 1.807) is 0 Å². The van der Waals surface area contributed by atoms with Crippen molar-refractivity contribution in [1.29, 1.82) is 0 Å². The molecular formula is C13H18BrNO. The van der Waals surface area contributed by atoms with E-state index in [1.165, 1.54) is 12.0 Å². The molecule has 0 spiro atoms. The Hall–Kier alpha value is -0.380. The number of halogens is 1. The van der Waals surface area contributed by atoms with Crippen LogP contribution in [-0.2, 0) is 11.2 Å². The molecule has 2 rings (SSSR count). The number of hydrogen-bond acceptors (Lipinski definition) is 2. The van der Waals surface area contributed by atoms with Gasteiger partial charge in [0, 0.05) is 24.7 Å². The lowest BCUT2D eigenvalue weighted by molar-refractivity contribution is -0.0581. The molecule has 1 saturated heterocycles. The van der Waals surface area contributed by atoms with Crippen molar-refractivity contribution in [3.63, 3.8) is 0 Å². The summed E-state index contributed by atoms with van der Waals surface area (Å²) in [5.74, 6) is 0. The van der Waals surface area contributed by atoms with Gasteiger partial charge in [-0.3, -0.25) is 0 Å². The van der Waals surface area contributed by atoms with Gasteiger partial charge < -0.3 is 10.1 Å². The van der Waals surface area contributed by atoms with Gasteiger partial charge in [-0.05, 0) is 37.0 Å². The second kappa shape index (κ2) is 5.30. The smallest absolute Gasteiger partial charge is 0.0926 e. The second-order valence-corrected chi connectivity index (χ2v) is 5.39. The molecule has 1 aliphatic heterocycles. The van der Waals surface area contributed by atoms with E-state index in [2.05, 4.69) is 45.5 Å². The minimum absolute atomic E-state index is 0.120. The average Bonchev–Trinajstić information content (AvgIpc) is 2.25. The number of methoxy groups -OCH3 is 1. The van der Waals surface area contributed by atoms with Crippen LogP contribution in [0.3, 0.4) is 0 Å². The summed E-state index contributed by atoms with van der Waals surface area (Å²) in [6.45, 7) is 2.01. The van der Waals surface area contributed by atoms with Crippen molar-refractivity contribution < 1.29 is 4.74 Å². The molecule has 0 atom stereocenters. The van der Waals surface area contributed by atoms with Crippen LogP contribution in [0.4, 0.5) is 0 Å². The monoisotopic (exact) mass is 283 g/mol. The van der Waals surface area contributed by atoms with E-state index >= 15 is 0 Å². The molecule has 1 N–H and O–H groups in total. The lowest BCUT2D eigenvalue weighted by atomic mass is 9.89. The third kappa shape index (κ3) is 2.84. The normalized spacial score (nSPS) is 18.1. The van der Waals surface area contributed by atoms with Gasteiger partial charge in [0.2, 0.25) is 0 Å². The fourth-order valence-corrected chi connectivity index (χ4v) is 2.36. The number of ether oxygens (including phenoxy) is 1. The van der Waals surface area contributed by atoms with E-state index in [0.29, 0.717) is 0 Å². The maximum absolute atomic E-state index is 5.56. The van der Waals surface area contributed by atoms with Crippen molar-refractivity contribution in [2.75, 3.05) is 20.2 Å². The zero-order chi connectivity index (χ0) is 11.4. The van der Waals surface area contributed by atoms with Crippen molar-refractivity contribution in [2.45, 2.75) is 24.9 Å². The van der Waals surface area contributed by atoms with Crippen molar-refractivity contribution in [3.8, 4) is 0 Å². The standard InChI is InChI=1S/C13H18BrNO/c1-16-13(9-15-10-13)8-2-3-11-4-6-12(14)7-5-11/h4-7,15H,2-3,8-10H2,1H3. The third-order valence-corrected chi connectivity index (χ3v) is 3.87. The number of rotatable bonds is 5. The summed E-state index contributed by atoms with van der Waals surface area (Å²) in [5.41, 5.74) is 1.52. The summed E-state index contributed by atoms with van der Waals surface area (Å²) >= 11 is 3.45. The van der Waals surface area contributed by atoms with E-state index in [4.69, 9.17) is 4.74 Å². The highest BCUT2D eigenvalue weighted by Crippen LogP contribution is 2.23. The van der Waals surface area contributed by atoms with Gasteiger partial charge in [0.15, 0.2) is 0 Å². The van der Waals surface area contributed by atoms with Gasteiger partial charge >= 0.3 is 0 Å². The lowest BCUT2D eigenvalue weighted by Gasteiger charge is -2.41. The van der Waals surface area contributed by atoms with Crippen LogP contribution in [0.25, 0.3) is 0 Å². The highest BCUT2D eigenvalue weighted by Gasteiger charge is 2.35. The minimum Gasteiger partial charge on any atom is -0.376 e. The molecule has 0 aliphatic carbocycles. The van der Waals surface area contributed by atoms with Gasteiger partial charge in [0.25, 0.3) is 0 Å². The molecule has 2 nitrogen and oxygen atoms in total. The lowest BCUT2D eigenvalue weighted by Crippen LogP contribution is -2.60. The van der Waals surface area contributed by atoms with E-state index in [-0.39, 0.29) is 5.60 Å². The highest BCUT2D eigenvalue weighted by atomic mass is 79.9. The van der Waals surface area contributed by atoms with Gasteiger partial charge in [-0.1, -0.05) is 28.1 Å². The van der Waals surface area contributed by atoms with E-state index in [1.807, 2.05) is 7.11 Å². The molecule has 0 aromatic heterocycles. The molecule has 88 valence electrons. The Bertz CT molecular complexity index is 327. The van der Waals surface area contributed by atoms with Crippen LogP contribution < -0.4 is 5.32 Å². The Balaban J connectivity index is 1.77. The first-order chi connectivity index (χ1) is 7.74. The van der Waals surface area contributed by atoms with Crippen molar-refractivity contribution in [1.82, 2.24) is 5.32 Å². The number of nitrogens with one attached hydrogen (secondary N) is 1. The van der Waals surface area contributed by atoms with E-state index < -0.39 is 0 Å². The SMILES string of the molecule is COC1(CCCc2ccc(Br)cc2)CNC1. The summed E-state index contributed by atoms with van der Waals surface area (Å²) in [5, 5.41) is 3.28. The first kappa shape index (κ1) is 12.1. The second-order valence-electron chi connectivity index (χ2n) is 4.47. The topological polar surface area (TPSA) is 21.3 Å². The third-order valence-electron chi connectivity index (χ3n) is 3.34. The molecular weight excluding hydrogens is 266 g/mol. The Kier molecular flexibility index (Phi) is 4.00. The Morgan fingerprint density at radius 1 is 1.31 bits per heavy atom. The Morgan fingerprint density at radius 3 is 2.50 bits per heavy atom. The molecule has 0 saturated carbocycles. The predicted molar refractivity (Wildman–Crippen MR) is 69.7 cm³/mol. The summed E-state index contributed by atoms with van der Waals surface area (Å²) in [4.78, 5) is 0. The molecule has 1 aromatic rings. The van der Waals surface area contributed by atoms with Crippen LogP contribution in [0.2, 0.25) is 0 Å². The van der Waals surface area contributed by atoms with Gasteiger partial charge in [-0.15, -0.1) is 0 Å². The number of aryl methyl sites for hydroxylation is 1. The number of hydrogen-bond donors (Lipinski definition) is 1. The van der Waals surface area contributed by atoms with Gasteiger partial charge in [-0.25, -0.2) is 0 Å². The average molecular weight is 284 g/mol. The van der Waals surface area contributed by atoms with Crippen LogP contribution in [0.5, 0.6) is 0 Å². The minimum atomic E-state index is 0.120. The Morgan fingerprint density at radius 2 is 2.00 bits per heavy atom. The van der Waals surface area contributed by atoms with Crippen LogP contribution in [0.15, 0.2) is 28.7 Å². The zero-order valence-electron chi connectivity index (χ0n) is 9.63. The van der Waals surface area contributed by atoms with Gasteiger partial charge in [-0.2, -0.15) is 0 Å². The molecule has 0 unspecified atom stereocenters. The highest BCUT2D eigenvalue weighted by molar-refractivity contribution is 9.10. The first-order valence-corrected chi connectivity index (χ1v) is 6.54. The number of benzene rings is 1. The molecule has 1 aliphatic rings. The largest absolute Gasteiger partial charge is 0.376 e. The van der Waals surface area contributed by atoms with E-state index in [0.717, 1.165) is 30.4 Å². The van der Waals surface area contributed by atoms with Crippen LogP contribution in [0, 0.1) is 0 Å². The summed E-state index contributed by atoms with van der Waals surface area (Å²) < 4.78 is 6.71.